The van der Waals surface area contributed by atoms with Crippen LogP contribution < -0.4 is 0 Å². The number of allylic oxidation sites excluding steroid dienone is 2. The quantitative estimate of drug-likeness (QED) is 0.230. The molecule has 2 aliphatic carbocycles. The molecule has 0 saturated heterocycles. The molecule has 1 aromatic rings. The predicted octanol–water partition coefficient (Wildman–Crippen LogP) is 8.71. The molecule has 0 nitrogen and oxygen atoms in total. The van der Waals surface area contributed by atoms with Gasteiger partial charge in [-0.05, 0) is 92.7 Å². The molecule has 0 N–H and O–H groups in total. The molecule has 29 heavy (non-hydrogen) atoms. The van der Waals surface area contributed by atoms with Crippen LogP contribution in [-0.2, 0) is 0 Å². The zero-order valence-corrected chi connectivity index (χ0v) is 17.9. The fraction of sp³-hybridized carbons (Fsp3) is 0.692. The third-order valence-electron chi connectivity index (χ3n) is 7.26. The van der Waals surface area contributed by atoms with Crippen LogP contribution in [0.3, 0.4) is 0 Å². The summed E-state index contributed by atoms with van der Waals surface area (Å²) in [6, 6.07) is 2.36. The van der Waals surface area contributed by atoms with Crippen molar-refractivity contribution < 1.29 is 13.2 Å². The van der Waals surface area contributed by atoms with Crippen molar-refractivity contribution in [3.8, 4) is 0 Å². The predicted molar refractivity (Wildman–Crippen MR) is 114 cm³/mol. The minimum atomic E-state index is -1.36. The van der Waals surface area contributed by atoms with Crippen LogP contribution in [0.2, 0.25) is 0 Å². The Morgan fingerprint density at radius 1 is 0.759 bits per heavy atom. The molecule has 2 saturated carbocycles. The summed E-state index contributed by atoms with van der Waals surface area (Å²) in [5, 5.41) is 0. The van der Waals surface area contributed by atoms with Gasteiger partial charge in [0.05, 0.1) is 0 Å². The summed E-state index contributed by atoms with van der Waals surface area (Å²) in [7, 11) is 0. The average molecular weight is 407 g/mol. The van der Waals surface area contributed by atoms with Crippen molar-refractivity contribution in [2.45, 2.75) is 96.3 Å². The first-order valence-corrected chi connectivity index (χ1v) is 11.9. The van der Waals surface area contributed by atoms with E-state index >= 15 is 0 Å². The molecule has 0 aliphatic heterocycles. The Morgan fingerprint density at radius 2 is 1.31 bits per heavy atom. The summed E-state index contributed by atoms with van der Waals surface area (Å²) in [6.07, 6.45) is 21.2. The first-order chi connectivity index (χ1) is 14.1. The van der Waals surface area contributed by atoms with Crippen LogP contribution in [-0.4, -0.2) is 0 Å². The van der Waals surface area contributed by atoms with E-state index in [4.69, 9.17) is 0 Å². The van der Waals surface area contributed by atoms with Gasteiger partial charge in [0.1, 0.15) is 0 Å². The minimum absolute atomic E-state index is 0.146. The molecule has 0 spiro atoms. The van der Waals surface area contributed by atoms with Crippen LogP contribution >= 0.6 is 0 Å². The lowest BCUT2D eigenvalue weighted by Gasteiger charge is -2.29. The minimum Gasteiger partial charge on any atom is -0.204 e. The summed E-state index contributed by atoms with van der Waals surface area (Å²) in [5.74, 6) is -1.09. The molecule has 0 radical (unpaired) electrons. The molecule has 0 aromatic heterocycles. The van der Waals surface area contributed by atoms with Crippen LogP contribution in [0.5, 0.6) is 0 Å². The van der Waals surface area contributed by atoms with Gasteiger partial charge in [0, 0.05) is 0 Å². The van der Waals surface area contributed by atoms with E-state index in [1.807, 2.05) is 0 Å². The first-order valence-electron chi connectivity index (χ1n) is 11.9. The summed E-state index contributed by atoms with van der Waals surface area (Å²) < 4.78 is 40.2. The molecular weight excluding hydrogens is 369 g/mol. The van der Waals surface area contributed by atoms with Crippen LogP contribution in [0, 0.1) is 35.2 Å². The maximum atomic E-state index is 13.5. The van der Waals surface area contributed by atoms with Gasteiger partial charge in [-0.15, -0.1) is 0 Å². The molecular formula is C26H37F3. The van der Waals surface area contributed by atoms with Gasteiger partial charge in [0.15, 0.2) is 17.5 Å². The Kier molecular flexibility index (Phi) is 8.68. The molecule has 1 aromatic carbocycles. The summed E-state index contributed by atoms with van der Waals surface area (Å²) in [4.78, 5) is 0. The van der Waals surface area contributed by atoms with E-state index in [0.717, 1.165) is 37.5 Å². The number of unbranched alkanes of at least 4 members (excludes halogenated alkanes) is 3. The van der Waals surface area contributed by atoms with Crippen LogP contribution in [0.4, 0.5) is 13.2 Å². The number of hydrogen-bond donors (Lipinski definition) is 0. The Balaban J connectivity index is 1.38. The van der Waals surface area contributed by atoms with Gasteiger partial charge >= 0.3 is 0 Å². The van der Waals surface area contributed by atoms with Crippen molar-refractivity contribution in [3.63, 3.8) is 0 Å². The Hall–Kier alpha value is -1.25. The molecule has 0 unspecified atom stereocenters. The van der Waals surface area contributed by atoms with E-state index in [2.05, 4.69) is 19.1 Å². The SMILES string of the molecule is CCCCCC[C@H]1CC[C@H](C=C[C@H]2CC[C@H](c3cc(F)c(F)c(F)c3)CC2)CC1. The number of benzene rings is 1. The van der Waals surface area contributed by atoms with E-state index in [-0.39, 0.29) is 5.92 Å². The standard InChI is InChI=1S/C26H37F3/c1-2-3-4-5-6-19-7-9-20(10-8-19)11-12-21-13-15-22(16-14-21)23-17-24(27)26(29)25(28)18-23/h11-12,17-22H,2-10,13-16H2,1H3/t19-,20-,21-,22-. The van der Waals surface area contributed by atoms with Crippen molar-refractivity contribution in [3.05, 3.63) is 47.3 Å². The molecule has 3 rings (SSSR count). The average Bonchev–Trinajstić information content (AvgIpc) is 2.74. The Bertz CT molecular complexity index is 627. The second kappa shape index (κ2) is 11.2. The highest BCUT2D eigenvalue weighted by Gasteiger charge is 2.24. The van der Waals surface area contributed by atoms with Crippen LogP contribution in [0.25, 0.3) is 0 Å². The normalized spacial score (nSPS) is 28.1. The van der Waals surface area contributed by atoms with E-state index < -0.39 is 17.5 Å². The van der Waals surface area contributed by atoms with Gasteiger partial charge in [-0.1, -0.05) is 51.2 Å². The van der Waals surface area contributed by atoms with Crippen molar-refractivity contribution >= 4 is 0 Å². The van der Waals surface area contributed by atoms with Gasteiger partial charge in [-0.25, -0.2) is 13.2 Å². The van der Waals surface area contributed by atoms with E-state index in [0.29, 0.717) is 11.5 Å². The second-order valence-electron chi connectivity index (χ2n) is 9.43. The monoisotopic (exact) mass is 406 g/mol. The van der Waals surface area contributed by atoms with Crippen molar-refractivity contribution in [2.24, 2.45) is 17.8 Å². The topological polar surface area (TPSA) is 0 Å². The largest absolute Gasteiger partial charge is 0.204 e. The maximum absolute atomic E-state index is 13.5. The smallest absolute Gasteiger partial charge is 0.194 e. The van der Waals surface area contributed by atoms with E-state index in [1.165, 1.54) is 69.9 Å². The molecule has 3 heteroatoms. The third-order valence-corrected chi connectivity index (χ3v) is 7.26. The number of rotatable bonds is 8. The lowest BCUT2D eigenvalue weighted by atomic mass is 9.76. The second-order valence-corrected chi connectivity index (χ2v) is 9.43. The lowest BCUT2D eigenvalue weighted by Crippen LogP contribution is -2.15. The van der Waals surface area contributed by atoms with Crippen molar-refractivity contribution in [1.82, 2.24) is 0 Å². The molecule has 0 heterocycles. The van der Waals surface area contributed by atoms with Gasteiger partial charge in [-0.3, -0.25) is 0 Å². The number of hydrogen-bond acceptors (Lipinski definition) is 0. The van der Waals surface area contributed by atoms with E-state index in [9.17, 15) is 13.2 Å². The van der Waals surface area contributed by atoms with Gasteiger partial charge < -0.3 is 0 Å². The maximum Gasteiger partial charge on any atom is 0.194 e. The number of halogens is 3. The summed E-state index contributed by atoms with van der Waals surface area (Å²) in [6.45, 7) is 2.27. The van der Waals surface area contributed by atoms with E-state index in [1.54, 1.807) is 0 Å². The highest BCUT2D eigenvalue weighted by Crippen LogP contribution is 2.38. The Labute approximate surface area is 175 Å². The molecule has 0 atom stereocenters. The van der Waals surface area contributed by atoms with Crippen molar-refractivity contribution in [2.75, 3.05) is 0 Å². The summed E-state index contributed by atoms with van der Waals surface area (Å²) >= 11 is 0. The molecule has 2 aliphatic rings. The highest BCUT2D eigenvalue weighted by atomic mass is 19.2. The molecule has 0 bridgehead atoms. The third kappa shape index (κ3) is 6.62. The van der Waals surface area contributed by atoms with Gasteiger partial charge in [-0.2, -0.15) is 0 Å². The van der Waals surface area contributed by atoms with Crippen LogP contribution in [0.15, 0.2) is 24.3 Å². The first kappa shape index (κ1) is 22.4. The lowest BCUT2D eigenvalue weighted by molar-refractivity contribution is 0.287. The highest BCUT2D eigenvalue weighted by molar-refractivity contribution is 5.23. The molecule has 162 valence electrons. The zero-order valence-electron chi connectivity index (χ0n) is 17.9. The molecule has 0 amide bonds. The van der Waals surface area contributed by atoms with Crippen LogP contribution in [0.1, 0.15) is 102 Å². The van der Waals surface area contributed by atoms with Gasteiger partial charge in [0.2, 0.25) is 0 Å². The fourth-order valence-electron chi connectivity index (χ4n) is 5.30. The fourth-order valence-corrected chi connectivity index (χ4v) is 5.30. The Morgan fingerprint density at radius 3 is 1.86 bits per heavy atom. The molecule has 2 fully saturated rings. The summed E-state index contributed by atoms with van der Waals surface area (Å²) in [5.41, 5.74) is 0.612. The van der Waals surface area contributed by atoms with Crippen molar-refractivity contribution in [1.29, 1.82) is 0 Å². The zero-order chi connectivity index (χ0) is 20.6. The van der Waals surface area contributed by atoms with Gasteiger partial charge in [0.25, 0.3) is 0 Å².